The van der Waals surface area contributed by atoms with Crippen LogP contribution in [-0.2, 0) is 11.2 Å². The number of thiazole rings is 1. The third-order valence-corrected chi connectivity index (χ3v) is 8.96. The summed E-state index contributed by atoms with van der Waals surface area (Å²) < 4.78 is 20.0. The first kappa shape index (κ1) is 27.3. The van der Waals surface area contributed by atoms with Crippen molar-refractivity contribution in [3.63, 3.8) is 0 Å². The second kappa shape index (κ2) is 12.1. The molecule has 2 amide bonds. The lowest BCUT2D eigenvalue weighted by molar-refractivity contribution is -0.145. The van der Waals surface area contributed by atoms with Gasteiger partial charge in [-0.05, 0) is 69.6 Å². The van der Waals surface area contributed by atoms with E-state index in [9.17, 15) is 19.1 Å². The zero-order valence-electron chi connectivity index (χ0n) is 20.7. The molecule has 2 N–H and O–H groups in total. The van der Waals surface area contributed by atoms with E-state index in [1.54, 1.807) is 26.1 Å². The van der Waals surface area contributed by atoms with E-state index in [0.29, 0.717) is 29.8 Å². The van der Waals surface area contributed by atoms with Gasteiger partial charge in [-0.3, -0.25) is 10.1 Å². The van der Waals surface area contributed by atoms with Gasteiger partial charge in [0.15, 0.2) is 16.7 Å². The summed E-state index contributed by atoms with van der Waals surface area (Å²) in [4.78, 5) is 30.8. The zero-order chi connectivity index (χ0) is 25.6. The van der Waals surface area contributed by atoms with Gasteiger partial charge in [0.1, 0.15) is 0 Å². The number of methoxy groups -OCH3 is 1. The van der Waals surface area contributed by atoms with Gasteiger partial charge in [0.2, 0.25) is 0 Å². The summed E-state index contributed by atoms with van der Waals surface area (Å²) in [5.74, 6) is 0.000710. The number of aliphatic carboxylic acids is 1. The van der Waals surface area contributed by atoms with E-state index in [4.69, 9.17) is 4.74 Å². The fraction of sp³-hybridized carbons (Fsp3) is 0.560. The molecule has 0 aliphatic heterocycles. The molecule has 0 saturated heterocycles. The normalized spacial score (nSPS) is 18.2. The van der Waals surface area contributed by atoms with Crippen molar-refractivity contribution >= 4 is 40.2 Å². The van der Waals surface area contributed by atoms with Gasteiger partial charge in [0, 0.05) is 18.3 Å². The highest BCUT2D eigenvalue weighted by Gasteiger charge is 2.29. The Morgan fingerprint density at radius 1 is 1.31 bits per heavy atom. The number of benzene rings is 1. The Balaban J connectivity index is 1.66. The van der Waals surface area contributed by atoms with Crippen LogP contribution in [0.4, 0.5) is 14.3 Å². The number of carboxylic acid groups (broad SMARTS) is 1. The number of carbonyl (C=O) groups is 2. The van der Waals surface area contributed by atoms with Gasteiger partial charge in [0.25, 0.3) is 0 Å². The molecule has 1 saturated carbocycles. The number of nitrogens with zero attached hydrogens (tertiary/aromatic N) is 2. The lowest BCUT2D eigenvalue weighted by atomic mass is 9.86. The molecule has 10 heteroatoms. The Bertz CT molecular complexity index is 1020. The van der Waals surface area contributed by atoms with Crippen LogP contribution in [0.25, 0.3) is 0 Å². The molecule has 0 spiro atoms. The summed E-state index contributed by atoms with van der Waals surface area (Å²) in [6.07, 6.45) is 6.22. The number of thioether (sulfide) groups is 1. The zero-order valence-corrected chi connectivity index (χ0v) is 22.3. The minimum Gasteiger partial charge on any atom is -0.494 e. The standard InChI is InChI=1S/C25H34FN3O4S2/c1-16-5-8-18(9-6-16)29(12-11-17-7-10-20(33-4)19(26)13-17)24(32)28-23-27-14-21(35-23)34-15-25(2,3)22(30)31/h7,10,13-14,16,18H,5-6,8-9,11-12,15H2,1-4H3,(H,30,31)(H,27,28,32)/t16-,18-. The van der Waals surface area contributed by atoms with E-state index in [2.05, 4.69) is 17.2 Å². The summed E-state index contributed by atoms with van der Waals surface area (Å²) in [6.45, 7) is 6.07. The second-order valence-corrected chi connectivity index (χ2v) is 12.0. The van der Waals surface area contributed by atoms with Crippen molar-refractivity contribution in [2.24, 2.45) is 11.3 Å². The Labute approximate surface area is 214 Å². The van der Waals surface area contributed by atoms with E-state index in [1.807, 2.05) is 11.0 Å². The average Bonchev–Trinajstić information content (AvgIpc) is 3.26. The van der Waals surface area contributed by atoms with Gasteiger partial charge in [-0.2, -0.15) is 0 Å². The van der Waals surface area contributed by atoms with Crippen LogP contribution in [0.1, 0.15) is 52.0 Å². The maximum atomic E-state index is 14.1. The lowest BCUT2D eigenvalue weighted by Crippen LogP contribution is -2.45. The molecule has 0 atom stereocenters. The number of aromatic nitrogens is 1. The lowest BCUT2D eigenvalue weighted by Gasteiger charge is -2.36. The Morgan fingerprint density at radius 2 is 2.03 bits per heavy atom. The van der Waals surface area contributed by atoms with Crippen molar-refractivity contribution in [3.8, 4) is 5.75 Å². The molecule has 0 unspecified atom stereocenters. The molecule has 1 aromatic carbocycles. The van der Waals surface area contributed by atoms with Crippen LogP contribution in [0.3, 0.4) is 0 Å². The summed E-state index contributed by atoms with van der Waals surface area (Å²) in [5.41, 5.74) is -0.0484. The predicted octanol–water partition coefficient (Wildman–Crippen LogP) is 6.15. The number of halogens is 1. The number of hydrogen-bond acceptors (Lipinski definition) is 6. The van der Waals surface area contributed by atoms with Gasteiger partial charge in [-0.1, -0.05) is 24.3 Å². The van der Waals surface area contributed by atoms with Gasteiger partial charge in [-0.25, -0.2) is 14.2 Å². The number of carbonyl (C=O) groups excluding carboxylic acids is 1. The molecular weight excluding hydrogens is 489 g/mol. The number of amides is 2. The first-order chi connectivity index (χ1) is 16.6. The summed E-state index contributed by atoms with van der Waals surface area (Å²) in [6, 6.07) is 4.80. The monoisotopic (exact) mass is 523 g/mol. The van der Waals surface area contributed by atoms with E-state index >= 15 is 0 Å². The topological polar surface area (TPSA) is 91.8 Å². The largest absolute Gasteiger partial charge is 0.494 e. The van der Waals surface area contributed by atoms with Crippen molar-refractivity contribution in [1.29, 1.82) is 0 Å². The number of rotatable bonds is 10. The highest BCUT2D eigenvalue weighted by Crippen LogP contribution is 2.34. The average molecular weight is 524 g/mol. The van der Waals surface area contributed by atoms with Gasteiger partial charge in [-0.15, -0.1) is 11.8 Å². The molecule has 2 aromatic rings. The van der Waals surface area contributed by atoms with Gasteiger partial charge < -0.3 is 14.7 Å². The van der Waals surface area contributed by atoms with Crippen LogP contribution in [0, 0.1) is 17.2 Å². The van der Waals surface area contributed by atoms with E-state index in [1.165, 1.54) is 36.3 Å². The van der Waals surface area contributed by atoms with E-state index < -0.39 is 17.2 Å². The van der Waals surface area contributed by atoms with Crippen LogP contribution in [-0.4, -0.2) is 52.4 Å². The van der Waals surface area contributed by atoms with E-state index in [0.717, 1.165) is 35.5 Å². The molecule has 1 aliphatic carbocycles. The van der Waals surface area contributed by atoms with E-state index in [-0.39, 0.29) is 17.8 Å². The SMILES string of the molecule is COc1ccc(CCN(C(=O)Nc2ncc(SCC(C)(C)C(=O)O)s2)[C@H]2CC[C@H](C)CC2)cc1F. The maximum Gasteiger partial charge on any atom is 0.323 e. The van der Waals surface area contributed by atoms with Crippen molar-refractivity contribution in [1.82, 2.24) is 9.88 Å². The number of nitrogens with one attached hydrogen (secondary N) is 1. The molecule has 0 bridgehead atoms. The van der Waals surface area contributed by atoms with Crippen molar-refractivity contribution in [2.75, 3.05) is 24.7 Å². The third kappa shape index (κ3) is 7.57. The number of ether oxygens (including phenoxy) is 1. The molecule has 1 aliphatic rings. The Kier molecular flexibility index (Phi) is 9.40. The number of carboxylic acids is 1. The van der Waals surface area contributed by atoms with Crippen molar-refractivity contribution in [2.45, 2.75) is 63.1 Å². The van der Waals surface area contributed by atoms with Gasteiger partial charge >= 0.3 is 12.0 Å². The van der Waals surface area contributed by atoms with Crippen LogP contribution >= 0.6 is 23.1 Å². The first-order valence-corrected chi connectivity index (χ1v) is 13.6. The van der Waals surface area contributed by atoms with Crippen molar-refractivity contribution in [3.05, 3.63) is 35.8 Å². The van der Waals surface area contributed by atoms with Crippen molar-refractivity contribution < 1.29 is 23.8 Å². The van der Waals surface area contributed by atoms with Gasteiger partial charge in [0.05, 0.1) is 22.9 Å². The van der Waals surface area contributed by atoms with Crippen LogP contribution in [0.15, 0.2) is 28.6 Å². The second-order valence-electron chi connectivity index (χ2n) is 9.72. The quantitative estimate of drug-likeness (QED) is 0.363. The minimum atomic E-state index is -0.853. The fourth-order valence-electron chi connectivity index (χ4n) is 3.98. The predicted molar refractivity (Wildman–Crippen MR) is 138 cm³/mol. The highest BCUT2D eigenvalue weighted by atomic mass is 32.2. The summed E-state index contributed by atoms with van der Waals surface area (Å²) in [5, 5.41) is 12.7. The maximum absolute atomic E-state index is 14.1. The smallest absolute Gasteiger partial charge is 0.323 e. The number of anilines is 1. The van der Waals surface area contributed by atoms with Crippen LogP contribution in [0.2, 0.25) is 0 Å². The van der Waals surface area contributed by atoms with Crippen LogP contribution in [0.5, 0.6) is 5.75 Å². The first-order valence-electron chi connectivity index (χ1n) is 11.8. The number of urea groups is 1. The molecule has 3 rings (SSSR count). The van der Waals surface area contributed by atoms with Crippen LogP contribution < -0.4 is 10.1 Å². The molecule has 0 radical (unpaired) electrons. The fourth-order valence-corrected chi connectivity index (χ4v) is 5.92. The summed E-state index contributed by atoms with van der Waals surface area (Å²) >= 11 is 2.75. The number of hydrogen-bond donors (Lipinski definition) is 2. The highest BCUT2D eigenvalue weighted by molar-refractivity contribution is 8.01. The molecule has 1 heterocycles. The molecule has 1 aromatic heterocycles. The Morgan fingerprint density at radius 3 is 2.66 bits per heavy atom. The minimum absolute atomic E-state index is 0.125. The molecule has 7 nitrogen and oxygen atoms in total. The summed E-state index contributed by atoms with van der Waals surface area (Å²) in [7, 11) is 1.43. The third-order valence-electron chi connectivity index (χ3n) is 6.40. The molecule has 192 valence electrons. The Hall–Kier alpha value is -2.33. The molecular formula is C25H34FN3O4S2. The molecule has 35 heavy (non-hydrogen) atoms. The molecule has 1 fully saturated rings.